The molecule has 3 heterocycles. The van der Waals surface area contributed by atoms with Gasteiger partial charge in [0, 0.05) is 36.6 Å². The largest absolute Gasteiger partial charge is 0.346 e. The highest BCUT2D eigenvalue weighted by atomic mass is 16.2. The number of hydrogen-bond donors (Lipinski definition) is 1. The molecule has 0 aromatic carbocycles. The molecule has 20 heavy (non-hydrogen) atoms. The SMILES string of the molecule is Cc1cccc(C(=O)N2CC[C@H](c3ncc(C)[nH]3)C2)n1. The van der Waals surface area contributed by atoms with Gasteiger partial charge in [-0.2, -0.15) is 0 Å². The van der Waals surface area contributed by atoms with E-state index in [2.05, 4.69) is 15.0 Å². The van der Waals surface area contributed by atoms with Crippen molar-refractivity contribution in [3.05, 3.63) is 47.3 Å². The van der Waals surface area contributed by atoms with E-state index in [-0.39, 0.29) is 5.91 Å². The van der Waals surface area contributed by atoms with Gasteiger partial charge >= 0.3 is 0 Å². The van der Waals surface area contributed by atoms with Gasteiger partial charge in [-0.05, 0) is 32.4 Å². The Bertz CT molecular complexity index is 634. The fourth-order valence-electron chi connectivity index (χ4n) is 2.63. The Morgan fingerprint density at radius 3 is 2.95 bits per heavy atom. The number of aromatic amines is 1. The van der Waals surface area contributed by atoms with Gasteiger partial charge in [0.1, 0.15) is 11.5 Å². The number of nitrogens with zero attached hydrogens (tertiary/aromatic N) is 3. The number of rotatable bonds is 2. The summed E-state index contributed by atoms with van der Waals surface area (Å²) in [7, 11) is 0. The lowest BCUT2D eigenvalue weighted by atomic mass is 10.1. The molecule has 1 amide bonds. The zero-order valence-corrected chi connectivity index (χ0v) is 11.8. The Morgan fingerprint density at radius 1 is 1.40 bits per heavy atom. The van der Waals surface area contributed by atoms with Crippen LogP contribution in [-0.4, -0.2) is 38.8 Å². The van der Waals surface area contributed by atoms with Gasteiger partial charge in [-0.15, -0.1) is 0 Å². The van der Waals surface area contributed by atoms with E-state index in [1.54, 1.807) is 6.07 Å². The van der Waals surface area contributed by atoms with Crippen molar-refractivity contribution >= 4 is 5.91 Å². The van der Waals surface area contributed by atoms with Crippen molar-refractivity contribution in [2.75, 3.05) is 13.1 Å². The molecule has 5 heteroatoms. The highest BCUT2D eigenvalue weighted by molar-refractivity contribution is 5.92. The first-order chi connectivity index (χ1) is 9.63. The monoisotopic (exact) mass is 270 g/mol. The van der Waals surface area contributed by atoms with Gasteiger partial charge in [0.05, 0.1) is 0 Å². The summed E-state index contributed by atoms with van der Waals surface area (Å²) < 4.78 is 0. The van der Waals surface area contributed by atoms with Crippen LogP contribution in [0, 0.1) is 13.8 Å². The lowest BCUT2D eigenvalue weighted by Crippen LogP contribution is -2.29. The third-order valence-electron chi connectivity index (χ3n) is 3.69. The van der Waals surface area contributed by atoms with Gasteiger partial charge in [0.2, 0.25) is 0 Å². The summed E-state index contributed by atoms with van der Waals surface area (Å²) in [5.74, 6) is 1.30. The summed E-state index contributed by atoms with van der Waals surface area (Å²) >= 11 is 0. The molecule has 1 saturated heterocycles. The van der Waals surface area contributed by atoms with Crippen LogP contribution in [0.25, 0.3) is 0 Å². The Labute approximate surface area is 118 Å². The molecule has 0 aliphatic carbocycles. The van der Waals surface area contributed by atoms with Crippen molar-refractivity contribution in [2.24, 2.45) is 0 Å². The van der Waals surface area contributed by atoms with Crippen molar-refractivity contribution in [1.29, 1.82) is 0 Å². The highest BCUT2D eigenvalue weighted by Gasteiger charge is 2.30. The molecule has 0 unspecified atom stereocenters. The van der Waals surface area contributed by atoms with Crippen molar-refractivity contribution < 1.29 is 4.79 Å². The van der Waals surface area contributed by atoms with Crippen molar-refractivity contribution in [3.63, 3.8) is 0 Å². The minimum Gasteiger partial charge on any atom is -0.346 e. The van der Waals surface area contributed by atoms with Gasteiger partial charge in [-0.1, -0.05) is 6.07 Å². The Kier molecular flexibility index (Phi) is 3.26. The molecular weight excluding hydrogens is 252 g/mol. The molecular formula is C15H18N4O. The number of nitrogens with one attached hydrogen (secondary N) is 1. The molecule has 1 aliphatic heterocycles. The molecule has 5 nitrogen and oxygen atoms in total. The standard InChI is InChI=1S/C15H18N4O/c1-10-4-3-5-13(17-10)15(20)19-7-6-12(9-19)14-16-8-11(2)18-14/h3-5,8,12H,6-7,9H2,1-2H3,(H,16,18)/t12-/m0/s1. The van der Waals surface area contributed by atoms with Crippen molar-refractivity contribution in [2.45, 2.75) is 26.2 Å². The van der Waals surface area contributed by atoms with Crippen LogP contribution in [0.5, 0.6) is 0 Å². The second-order valence-corrected chi connectivity index (χ2v) is 5.35. The van der Waals surface area contributed by atoms with Gasteiger partial charge in [-0.3, -0.25) is 4.79 Å². The molecule has 3 rings (SSSR count). The van der Waals surface area contributed by atoms with E-state index in [0.717, 1.165) is 30.2 Å². The van der Waals surface area contributed by atoms with Crippen molar-refractivity contribution in [1.82, 2.24) is 19.9 Å². The Morgan fingerprint density at radius 2 is 2.25 bits per heavy atom. The zero-order valence-electron chi connectivity index (χ0n) is 11.8. The average Bonchev–Trinajstić information content (AvgIpc) is 3.06. The number of carbonyl (C=O) groups is 1. The van der Waals surface area contributed by atoms with Crippen LogP contribution >= 0.6 is 0 Å². The normalized spacial score (nSPS) is 18.5. The minimum atomic E-state index is 0.0134. The quantitative estimate of drug-likeness (QED) is 0.908. The fraction of sp³-hybridized carbons (Fsp3) is 0.400. The van der Waals surface area contributed by atoms with Crippen LogP contribution in [0.1, 0.15) is 40.0 Å². The van der Waals surface area contributed by atoms with E-state index < -0.39 is 0 Å². The van der Waals surface area contributed by atoms with Gasteiger partial charge in [0.25, 0.3) is 5.91 Å². The summed E-state index contributed by atoms with van der Waals surface area (Å²) in [6.07, 6.45) is 2.78. The first-order valence-electron chi connectivity index (χ1n) is 6.88. The topological polar surface area (TPSA) is 61.9 Å². The molecule has 1 N–H and O–H groups in total. The Hall–Kier alpha value is -2.17. The van der Waals surface area contributed by atoms with Crippen LogP contribution in [-0.2, 0) is 0 Å². The first-order valence-corrected chi connectivity index (χ1v) is 6.88. The fourth-order valence-corrected chi connectivity index (χ4v) is 2.63. The van der Waals surface area contributed by atoms with Crippen LogP contribution < -0.4 is 0 Å². The molecule has 0 saturated carbocycles. The van der Waals surface area contributed by atoms with E-state index in [9.17, 15) is 4.79 Å². The van der Waals surface area contributed by atoms with Crippen LogP contribution in [0.3, 0.4) is 0 Å². The van der Waals surface area contributed by atoms with E-state index in [0.29, 0.717) is 18.2 Å². The molecule has 0 spiro atoms. The molecule has 1 fully saturated rings. The van der Waals surface area contributed by atoms with Gasteiger partial charge in [-0.25, -0.2) is 9.97 Å². The number of aromatic nitrogens is 3. The number of hydrogen-bond acceptors (Lipinski definition) is 3. The molecule has 0 bridgehead atoms. The van der Waals surface area contributed by atoms with Crippen LogP contribution in [0.2, 0.25) is 0 Å². The van der Waals surface area contributed by atoms with Gasteiger partial charge < -0.3 is 9.88 Å². The number of imidazole rings is 1. The molecule has 2 aromatic heterocycles. The van der Waals surface area contributed by atoms with Crippen molar-refractivity contribution in [3.8, 4) is 0 Å². The number of aryl methyl sites for hydroxylation is 2. The lowest BCUT2D eigenvalue weighted by Gasteiger charge is -2.15. The maximum absolute atomic E-state index is 12.4. The smallest absolute Gasteiger partial charge is 0.272 e. The minimum absolute atomic E-state index is 0.0134. The van der Waals surface area contributed by atoms with Crippen LogP contribution in [0.4, 0.5) is 0 Å². The maximum atomic E-state index is 12.4. The number of carbonyl (C=O) groups excluding carboxylic acids is 1. The first kappa shape index (κ1) is 12.8. The lowest BCUT2D eigenvalue weighted by molar-refractivity contribution is 0.0784. The van der Waals surface area contributed by atoms with E-state index in [1.807, 2.05) is 37.1 Å². The van der Waals surface area contributed by atoms with Gasteiger partial charge in [0.15, 0.2) is 0 Å². The second-order valence-electron chi connectivity index (χ2n) is 5.35. The van der Waals surface area contributed by atoms with E-state index >= 15 is 0 Å². The summed E-state index contributed by atoms with van der Waals surface area (Å²) in [5.41, 5.74) is 2.46. The second kappa shape index (κ2) is 5.07. The summed E-state index contributed by atoms with van der Waals surface area (Å²) in [6.45, 7) is 5.36. The summed E-state index contributed by atoms with van der Waals surface area (Å²) in [5, 5.41) is 0. The number of pyridine rings is 1. The third-order valence-corrected chi connectivity index (χ3v) is 3.69. The Balaban J connectivity index is 1.72. The number of likely N-dealkylation sites (tertiary alicyclic amines) is 1. The molecule has 1 aliphatic rings. The maximum Gasteiger partial charge on any atom is 0.272 e. The number of amides is 1. The molecule has 1 atom stereocenters. The highest BCUT2D eigenvalue weighted by Crippen LogP contribution is 2.25. The zero-order chi connectivity index (χ0) is 14.1. The van der Waals surface area contributed by atoms with E-state index in [1.165, 1.54) is 0 Å². The summed E-state index contributed by atoms with van der Waals surface area (Å²) in [6, 6.07) is 5.55. The molecule has 104 valence electrons. The van der Waals surface area contributed by atoms with E-state index in [4.69, 9.17) is 0 Å². The molecule has 2 aromatic rings. The molecule has 0 radical (unpaired) electrons. The third kappa shape index (κ3) is 2.43. The predicted molar refractivity (Wildman–Crippen MR) is 75.6 cm³/mol. The average molecular weight is 270 g/mol. The summed E-state index contributed by atoms with van der Waals surface area (Å²) in [4.78, 5) is 26.2. The predicted octanol–water partition coefficient (Wildman–Crippen LogP) is 2.05. The number of H-pyrrole nitrogens is 1. The van der Waals surface area contributed by atoms with Crippen LogP contribution in [0.15, 0.2) is 24.4 Å².